The molecule has 1 saturated heterocycles. The lowest BCUT2D eigenvalue weighted by Gasteiger charge is -2.32. The Hall–Kier alpha value is -0.650. The van der Waals surface area contributed by atoms with Crippen molar-refractivity contribution in [3.63, 3.8) is 0 Å². The van der Waals surface area contributed by atoms with Crippen LogP contribution in [0.4, 0.5) is 0 Å². The number of rotatable bonds is 9. The number of amides is 1. The first kappa shape index (κ1) is 17.4. The molecule has 0 aromatic rings. The highest BCUT2D eigenvalue weighted by atomic mass is 16.5. The van der Waals surface area contributed by atoms with Gasteiger partial charge in [0.05, 0.1) is 12.7 Å². The molecule has 118 valence electrons. The molecule has 0 radical (unpaired) electrons. The fourth-order valence-electron chi connectivity index (χ4n) is 2.44. The van der Waals surface area contributed by atoms with Crippen molar-refractivity contribution in [3.8, 4) is 0 Å². The Bertz CT molecular complexity index is 264. The smallest absolute Gasteiger partial charge is 0.220 e. The van der Waals surface area contributed by atoms with E-state index in [4.69, 9.17) is 4.74 Å². The minimum atomic E-state index is 0.196. The Labute approximate surface area is 123 Å². The number of piperidine rings is 1. The molecule has 0 aromatic carbocycles. The number of likely N-dealkylation sites (tertiary alicyclic amines) is 1. The Morgan fingerprint density at radius 3 is 2.65 bits per heavy atom. The first-order valence-electron chi connectivity index (χ1n) is 7.89. The summed E-state index contributed by atoms with van der Waals surface area (Å²) in [4.78, 5) is 14.2. The van der Waals surface area contributed by atoms with Crippen molar-refractivity contribution in [2.24, 2.45) is 0 Å². The molecule has 0 bridgehead atoms. The lowest BCUT2D eigenvalue weighted by molar-refractivity contribution is -0.122. The highest BCUT2D eigenvalue weighted by molar-refractivity contribution is 5.76. The Morgan fingerprint density at radius 2 is 2.05 bits per heavy atom. The fourth-order valence-corrected chi connectivity index (χ4v) is 2.44. The average molecular weight is 285 g/mol. The second kappa shape index (κ2) is 10.1. The summed E-state index contributed by atoms with van der Waals surface area (Å²) >= 11 is 0. The van der Waals surface area contributed by atoms with Crippen LogP contribution < -0.4 is 10.6 Å². The van der Waals surface area contributed by atoms with Crippen molar-refractivity contribution in [2.45, 2.75) is 51.7 Å². The number of hydrogen-bond acceptors (Lipinski definition) is 4. The largest absolute Gasteiger partial charge is 0.377 e. The van der Waals surface area contributed by atoms with Crippen LogP contribution in [0.1, 0.15) is 39.5 Å². The summed E-state index contributed by atoms with van der Waals surface area (Å²) in [5.41, 5.74) is 0. The van der Waals surface area contributed by atoms with Crippen LogP contribution in [0.2, 0.25) is 0 Å². The van der Waals surface area contributed by atoms with E-state index < -0.39 is 0 Å². The van der Waals surface area contributed by atoms with Gasteiger partial charge in [-0.2, -0.15) is 0 Å². The molecule has 2 N–H and O–H groups in total. The molecule has 1 fully saturated rings. The lowest BCUT2D eigenvalue weighted by atomic mass is 10.0. The van der Waals surface area contributed by atoms with Gasteiger partial charge in [0.15, 0.2) is 0 Å². The third-order valence-electron chi connectivity index (χ3n) is 3.64. The third kappa shape index (κ3) is 7.82. The maximum Gasteiger partial charge on any atom is 0.220 e. The van der Waals surface area contributed by atoms with E-state index in [1.807, 2.05) is 7.05 Å². The minimum Gasteiger partial charge on any atom is -0.377 e. The van der Waals surface area contributed by atoms with Crippen LogP contribution in [0.5, 0.6) is 0 Å². The summed E-state index contributed by atoms with van der Waals surface area (Å²) in [6, 6.07) is 0.361. The topological polar surface area (TPSA) is 53.6 Å². The maximum absolute atomic E-state index is 11.7. The molecular weight excluding hydrogens is 254 g/mol. The molecule has 1 heterocycles. The van der Waals surface area contributed by atoms with Gasteiger partial charge in [-0.15, -0.1) is 0 Å². The van der Waals surface area contributed by atoms with Crippen LogP contribution in [0.15, 0.2) is 0 Å². The van der Waals surface area contributed by atoms with Crippen LogP contribution in [-0.2, 0) is 9.53 Å². The number of nitrogens with zero attached hydrogens (tertiary/aromatic N) is 1. The SMILES string of the molecule is CNCCCC(=O)NC1CCN(CCOC(C)C)CC1. The second-order valence-corrected chi connectivity index (χ2v) is 5.81. The predicted octanol–water partition coefficient (Wildman–Crippen LogP) is 0.992. The van der Waals surface area contributed by atoms with Gasteiger partial charge in [-0.3, -0.25) is 4.79 Å². The summed E-state index contributed by atoms with van der Waals surface area (Å²) < 4.78 is 5.57. The van der Waals surface area contributed by atoms with Gasteiger partial charge >= 0.3 is 0 Å². The number of carbonyl (C=O) groups is 1. The van der Waals surface area contributed by atoms with Gasteiger partial charge in [0.1, 0.15) is 0 Å². The second-order valence-electron chi connectivity index (χ2n) is 5.81. The summed E-state index contributed by atoms with van der Waals surface area (Å²) in [6.07, 6.45) is 3.96. The first-order chi connectivity index (χ1) is 9.61. The lowest BCUT2D eigenvalue weighted by Crippen LogP contribution is -2.45. The molecule has 0 aromatic heterocycles. The Kier molecular flexibility index (Phi) is 8.82. The molecule has 20 heavy (non-hydrogen) atoms. The molecule has 5 nitrogen and oxygen atoms in total. The number of hydrogen-bond donors (Lipinski definition) is 2. The van der Waals surface area contributed by atoms with Crippen LogP contribution in [-0.4, -0.2) is 62.8 Å². The summed E-state index contributed by atoms with van der Waals surface area (Å²) in [5.74, 6) is 0.196. The van der Waals surface area contributed by atoms with Gasteiger partial charge in [0, 0.05) is 32.1 Å². The summed E-state index contributed by atoms with van der Waals surface area (Å²) in [5, 5.41) is 6.21. The van der Waals surface area contributed by atoms with Gasteiger partial charge in [0.2, 0.25) is 5.91 Å². The summed E-state index contributed by atoms with van der Waals surface area (Å²) in [6.45, 7) is 8.96. The number of nitrogens with one attached hydrogen (secondary N) is 2. The molecule has 1 aliphatic heterocycles. The molecule has 0 spiro atoms. The van der Waals surface area contributed by atoms with Gasteiger partial charge in [-0.1, -0.05) is 0 Å². The van der Waals surface area contributed by atoms with Gasteiger partial charge in [-0.25, -0.2) is 0 Å². The first-order valence-corrected chi connectivity index (χ1v) is 7.89. The van der Waals surface area contributed by atoms with Crippen LogP contribution >= 0.6 is 0 Å². The van der Waals surface area contributed by atoms with Gasteiger partial charge < -0.3 is 20.3 Å². The zero-order valence-corrected chi connectivity index (χ0v) is 13.3. The Balaban J connectivity index is 2.07. The van der Waals surface area contributed by atoms with Crippen molar-refractivity contribution < 1.29 is 9.53 Å². The number of ether oxygens (including phenoxy) is 1. The molecule has 0 saturated carbocycles. The van der Waals surface area contributed by atoms with E-state index in [0.29, 0.717) is 18.6 Å². The van der Waals surface area contributed by atoms with Crippen LogP contribution in [0.3, 0.4) is 0 Å². The normalized spacial score (nSPS) is 17.6. The third-order valence-corrected chi connectivity index (χ3v) is 3.64. The van der Waals surface area contributed by atoms with Crippen LogP contribution in [0, 0.1) is 0 Å². The van der Waals surface area contributed by atoms with E-state index in [9.17, 15) is 4.79 Å². The van der Waals surface area contributed by atoms with Crippen LogP contribution in [0.25, 0.3) is 0 Å². The van der Waals surface area contributed by atoms with Crippen molar-refractivity contribution >= 4 is 5.91 Å². The Morgan fingerprint density at radius 1 is 1.35 bits per heavy atom. The standard InChI is InChI=1S/C15H31N3O2/c1-13(2)20-12-11-18-9-6-14(7-10-18)17-15(19)5-4-8-16-3/h13-14,16H,4-12H2,1-3H3,(H,17,19). The molecule has 0 atom stereocenters. The summed E-state index contributed by atoms with van der Waals surface area (Å²) in [7, 11) is 1.91. The molecule has 1 rings (SSSR count). The van der Waals surface area contributed by atoms with E-state index in [0.717, 1.165) is 52.0 Å². The fraction of sp³-hybridized carbons (Fsp3) is 0.933. The molecule has 5 heteroatoms. The minimum absolute atomic E-state index is 0.196. The zero-order valence-electron chi connectivity index (χ0n) is 13.3. The van der Waals surface area contributed by atoms with E-state index in [1.165, 1.54) is 0 Å². The van der Waals surface area contributed by atoms with E-state index in [2.05, 4.69) is 29.4 Å². The quantitative estimate of drug-likeness (QED) is 0.620. The van der Waals surface area contributed by atoms with Gasteiger partial charge in [-0.05, 0) is 46.7 Å². The zero-order chi connectivity index (χ0) is 14.8. The molecular formula is C15H31N3O2. The molecule has 0 aliphatic carbocycles. The highest BCUT2D eigenvalue weighted by Crippen LogP contribution is 2.10. The van der Waals surface area contributed by atoms with Crippen molar-refractivity contribution in [3.05, 3.63) is 0 Å². The molecule has 1 aliphatic rings. The van der Waals surface area contributed by atoms with Crippen molar-refractivity contribution in [2.75, 3.05) is 39.8 Å². The van der Waals surface area contributed by atoms with E-state index in [-0.39, 0.29) is 5.91 Å². The highest BCUT2D eigenvalue weighted by Gasteiger charge is 2.20. The average Bonchev–Trinajstić information content (AvgIpc) is 2.41. The molecule has 0 unspecified atom stereocenters. The predicted molar refractivity (Wildman–Crippen MR) is 81.9 cm³/mol. The number of carbonyl (C=O) groups excluding carboxylic acids is 1. The monoisotopic (exact) mass is 285 g/mol. The molecule has 1 amide bonds. The van der Waals surface area contributed by atoms with E-state index >= 15 is 0 Å². The van der Waals surface area contributed by atoms with Gasteiger partial charge in [0.25, 0.3) is 0 Å². The van der Waals surface area contributed by atoms with Crippen molar-refractivity contribution in [1.29, 1.82) is 0 Å². The van der Waals surface area contributed by atoms with E-state index in [1.54, 1.807) is 0 Å². The van der Waals surface area contributed by atoms with Crippen molar-refractivity contribution in [1.82, 2.24) is 15.5 Å². The maximum atomic E-state index is 11.7.